The predicted molar refractivity (Wildman–Crippen MR) is 116 cm³/mol. The highest BCUT2D eigenvalue weighted by atomic mass is 32.2. The molecule has 0 bridgehead atoms. The Bertz CT molecular complexity index is 1110. The molecule has 1 aliphatic carbocycles. The van der Waals surface area contributed by atoms with E-state index in [1.807, 2.05) is 30.3 Å². The summed E-state index contributed by atoms with van der Waals surface area (Å²) in [6.07, 6.45) is -2.64. The summed E-state index contributed by atoms with van der Waals surface area (Å²) in [5, 5.41) is 3.33. The highest BCUT2D eigenvalue weighted by Gasteiger charge is 2.47. The van der Waals surface area contributed by atoms with Crippen LogP contribution in [0.25, 0.3) is 0 Å². The van der Waals surface area contributed by atoms with Crippen molar-refractivity contribution in [1.82, 2.24) is 9.62 Å². The summed E-state index contributed by atoms with van der Waals surface area (Å²) in [6, 6.07) is 12.6. The van der Waals surface area contributed by atoms with E-state index in [0.717, 1.165) is 30.5 Å². The van der Waals surface area contributed by atoms with Gasteiger partial charge in [-0.2, -0.15) is 17.5 Å². The van der Waals surface area contributed by atoms with Crippen molar-refractivity contribution < 1.29 is 26.4 Å². The van der Waals surface area contributed by atoms with Gasteiger partial charge in [0.1, 0.15) is 0 Å². The number of amides is 1. The van der Waals surface area contributed by atoms with Crippen LogP contribution in [0, 0.1) is 11.8 Å². The number of carbonyl (C=O) groups is 1. The maximum atomic E-state index is 13.1. The Hall–Kier alpha value is -2.43. The molecule has 1 saturated carbocycles. The first-order chi connectivity index (χ1) is 15.6. The minimum absolute atomic E-state index is 0.0387. The van der Waals surface area contributed by atoms with Crippen LogP contribution in [-0.2, 0) is 27.4 Å². The van der Waals surface area contributed by atoms with Crippen LogP contribution >= 0.6 is 0 Å². The minimum atomic E-state index is -4.62. The average molecular weight is 482 g/mol. The van der Waals surface area contributed by atoms with Crippen molar-refractivity contribution in [2.45, 2.75) is 42.4 Å². The van der Waals surface area contributed by atoms with Gasteiger partial charge in [-0.1, -0.05) is 36.4 Å². The van der Waals surface area contributed by atoms with Crippen LogP contribution in [0.5, 0.6) is 0 Å². The SMILES string of the molecule is NC(=O)C(Cc1ccccc1)N[C@H]1CC[C@@H]2CN(S(=O)(=O)c3cccc(C(F)(F)F)c3)C[C@@H]21. The third-order valence-corrected chi connectivity index (χ3v) is 8.49. The van der Waals surface area contributed by atoms with Gasteiger partial charge in [0.05, 0.1) is 16.5 Å². The van der Waals surface area contributed by atoms with Crippen molar-refractivity contribution in [3.63, 3.8) is 0 Å². The van der Waals surface area contributed by atoms with Crippen molar-refractivity contribution in [3.8, 4) is 0 Å². The van der Waals surface area contributed by atoms with Crippen molar-refractivity contribution in [3.05, 3.63) is 65.7 Å². The molecule has 1 unspecified atom stereocenters. The first kappa shape index (κ1) is 23.7. The third kappa shape index (κ3) is 5.07. The van der Waals surface area contributed by atoms with Gasteiger partial charge in [-0.05, 0) is 54.9 Å². The molecule has 2 fully saturated rings. The van der Waals surface area contributed by atoms with Gasteiger partial charge < -0.3 is 11.1 Å². The molecular formula is C23H26F3N3O3S. The fraction of sp³-hybridized carbons (Fsp3) is 0.435. The van der Waals surface area contributed by atoms with Gasteiger partial charge in [-0.15, -0.1) is 0 Å². The molecule has 0 spiro atoms. The van der Waals surface area contributed by atoms with E-state index >= 15 is 0 Å². The standard InChI is InChI=1S/C23H26F3N3O3S/c24-23(25,26)17-7-4-8-18(12-17)33(31,32)29-13-16-9-10-20(19(16)14-29)28-21(22(27)30)11-15-5-2-1-3-6-15/h1-8,12,16,19-21,28H,9-11,13-14H2,(H2,27,30)/t16-,19+,20+,21?/m1/s1. The second-order valence-corrected chi connectivity index (χ2v) is 10.7. The maximum Gasteiger partial charge on any atom is 0.416 e. The Balaban J connectivity index is 1.47. The molecule has 0 aromatic heterocycles. The summed E-state index contributed by atoms with van der Waals surface area (Å²) in [7, 11) is -4.07. The molecule has 1 heterocycles. The number of benzene rings is 2. The number of fused-ring (bicyclic) bond motifs is 1. The molecule has 2 aliphatic rings. The first-order valence-corrected chi connectivity index (χ1v) is 12.3. The molecule has 10 heteroatoms. The van der Waals surface area contributed by atoms with Crippen LogP contribution in [0.15, 0.2) is 59.5 Å². The van der Waals surface area contributed by atoms with Crippen LogP contribution in [0.1, 0.15) is 24.0 Å². The Labute approximate surface area is 191 Å². The van der Waals surface area contributed by atoms with E-state index in [9.17, 15) is 26.4 Å². The molecule has 1 aliphatic heterocycles. The molecule has 6 nitrogen and oxygen atoms in total. The number of nitrogens with one attached hydrogen (secondary N) is 1. The second-order valence-electron chi connectivity index (χ2n) is 8.77. The van der Waals surface area contributed by atoms with E-state index in [1.54, 1.807) is 0 Å². The summed E-state index contributed by atoms with van der Waals surface area (Å²) >= 11 is 0. The number of carbonyl (C=O) groups excluding carboxylic acids is 1. The fourth-order valence-electron chi connectivity index (χ4n) is 4.96. The Morgan fingerprint density at radius 1 is 1.09 bits per heavy atom. The summed E-state index contributed by atoms with van der Waals surface area (Å²) in [5.74, 6) is -0.440. The van der Waals surface area contributed by atoms with Crippen LogP contribution < -0.4 is 11.1 Å². The Morgan fingerprint density at radius 2 is 1.82 bits per heavy atom. The van der Waals surface area contributed by atoms with Gasteiger partial charge in [0, 0.05) is 19.1 Å². The van der Waals surface area contributed by atoms with Crippen molar-refractivity contribution in [2.24, 2.45) is 17.6 Å². The number of nitrogens with two attached hydrogens (primary N) is 1. The topological polar surface area (TPSA) is 92.5 Å². The quantitative estimate of drug-likeness (QED) is 0.636. The largest absolute Gasteiger partial charge is 0.416 e. The zero-order valence-electron chi connectivity index (χ0n) is 17.8. The number of primary amides is 1. The monoisotopic (exact) mass is 481 g/mol. The smallest absolute Gasteiger partial charge is 0.368 e. The van der Waals surface area contributed by atoms with Gasteiger partial charge in [0.25, 0.3) is 0 Å². The molecule has 1 amide bonds. The van der Waals surface area contributed by atoms with Gasteiger partial charge in [-0.25, -0.2) is 8.42 Å². The Morgan fingerprint density at radius 3 is 2.48 bits per heavy atom. The van der Waals surface area contributed by atoms with E-state index in [0.29, 0.717) is 12.5 Å². The van der Waals surface area contributed by atoms with Crippen LogP contribution in [-0.4, -0.2) is 43.8 Å². The molecule has 2 aromatic carbocycles. The van der Waals surface area contributed by atoms with Crippen LogP contribution in [0.3, 0.4) is 0 Å². The van der Waals surface area contributed by atoms with Crippen LogP contribution in [0.4, 0.5) is 13.2 Å². The van der Waals surface area contributed by atoms with E-state index in [2.05, 4.69) is 5.32 Å². The summed E-state index contributed by atoms with van der Waals surface area (Å²) < 4.78 is 66.6. The summed E-state index contributed by atoms with van der Waals surface area (Å²) in [4.78, 5) is 11.7. The zero-order valence-corrected chi connectivity index (χ0v) is 18.6. The molecule has 3 N–H and O–H groups in total. The summed E-state index contributed by atoms with van der Waals surface area (Å²) in [5.41, 5.74) is 5.59. The minimum Gasteiger partial charge on any atom is -0.368 e. The molecule has 2 aromatic rings. The predicted octanol–water partition coefficient (Wildman–Crippen LogP) is 2.79. The highest BCUT2D eigenvalue weighted by molar-refractivity contribution is 7.89. The van der Waals surface area contributed by atoms with Gasteiger partial charge >= 0.3 is 6.18 Å². The van der Waals surface area contributed by atoms with E-state index in [4.69, 9.17) is 5.73 Å². The van der Waals surface area contributed by atoms with Crippen molar-refractivity contribution in [1.29, 1.82) is 0 Å². The lowest BCUT2D eigenvalue weighted by Crippen LogP contribution is -2.49. The number of alkyl halides is 3. The van der Waals surface area contributed by atoms with Crippen molar-refractivity contribution >= 4 is 15.9 Å². The lowest BCUT2D eigenvalue weighted by molar-refractivity contribution is -0.137. The Kier molecular flexibility index (Phi) is 6.52. The van der Waals surface area contributed by atoms with E-state index in [-0.39, 0.29) is 35.9 Å². The number of sulfonamides is 1. The van der Waals surface area contributed by atoms with Gasteiger partial charge in [0.15, 0.2) is 0 Å². The molecule has 0 radical (unpaired) electrons. The molecule has 4 rings (SSSR count). The molecule has 178 valence electrons. The van der Waals surface area contributed by atoms with Gasteiger partial charge in [-0.3, -0.25) is 4.79 Å². The average Bonchev–Trinajstić information content (AvgIpc) is 3.36. The number of hydrogen-bond acceptors (Lipinski definition) is 4. The zero-order chi connectivity index (χ0) is 23.8. The van der Waals surface area contributed by atoms with Crippen molar-refractivity contribution in [2.75, 3.05) is 13.1 Å². The normalized spacial score (nSPS) is 24.5. The second kappa shape index (κ2) is 9.08. The van der Waals surface area contributed by atoms with E-state index in [1.165, 1.54) is 10.4 Å². The third-order valence-electron chi connectivity index (χ3n) is 6.66. The fourth-order valence-corrected chi connectivity index (χ4v) is 6.54. The number of rotatable bonds is 7. The molecular weight excluding hydrogens is 455 g/mol. The van der Waals surface area contributed by atoms with Crippen LogP contribution in [0.2, 0.25) is 0 Å². The lowest BCUT2D eigenvalue weighted by atomic mass is 9.96. The molecule has 1 saturated heterocycles. The molecule has 33 heavy (non-hydrogen) atoms. The first-order valence-electron chi connectivity index (χ1n) is 10.8. The highest BCUT2D eigenvalue weighted by Crippen LogP contribution is 2.41. The number of hydrogen-bond donors (Lipinski definition) is 2. The maximum absolute atomic E-state index is 13.1. The number of nitrogens with zero attached hydrogens (tertiary/aromatic N) is 1. The summed E-state index contributed by atoms with van der Waals surface area (Å²) in [6.45, 7) is 0.444. The number of halogens is 3. The van der Waals surface area contributed by atoms with E-state index < -0.39 is 33.7 Å². The molecule has 4 atom stereocenters. The lowest BCUT2D eigenvalue weighted by Gasteiger charge is -2.26. The van der Waals surface area contributed by atoms with Gasteiger partial charge in [0.2, 0.25) is 15.9 Å².